The lowest BCUT2D eigenvalue weighted by Gasteiger charge is -2.36. The van der Waals surface area contributed by atoms with E-state index in [0.717, 1.165) is 12.8 Å². The lowest BCUT2D eigenvalue weighted by molar-refractivity contribution is -0.136. The number of anilines is 1. The second-order valence-corrected chi connectivity index (χ2v) is 9.85. The number of amides is 3. The monoisotopic (exact) mass is 498 g/mol. The number of aryl methyl sites for hydroxylation is 1. The van der Waals surface area contributed by atoms with E-state index < -0.39 is 5.91 Å². The van der Waals surface area contributed by atoms with Crippen LogP contribution in [0.2, 0.25) is 0 Å². The molecule has 1 N–H and O–H groups in total. The first-order valence-electron chi connectivity index (χ1n) is 12.3. The molecule has 0 unspecified atom stereocenters. The number of hydrogen-bond acceptors (Lipinski definition) is 7. The summed E-state index contributed by atoms with van der Waals surface area (Å²) in [5.41, 5.74) is 0.964. The number of carbonyl (C=O) groups is 3. The van der Waals surface area contributed by atoms with Gasteiger partial charge in [0.05, 0.1) is 17.7 Å². The van der Waals surface area contributed by atoms with Crippen molar-refractivity contribution in [1.29, 1.82) is 0 Å². The second kappa shape index (κ2) is 10.7. The number of rotatable bonds is 4. The molecule has 10 nitrogen and oxygen atoms in total. The average molecular weight is 499 g/mol. The van der Waals surface area contributed by atoms with Crippen molar-refractivity contribution in [2.24, 2.45) is 11.8 Å². The largest absolute Gasteiger partial charge is 0.491 e. The van der Waals surface area contributed by atoms with Crippen LogP contribution < -0.4 is 10.1 Å². The number of methoxy groups -OCH3 is 1. The Morgan fingerprint density at radius 2 is 1.92 bits per heavy atom. The van der Waals surface area contributed by atoms with Crippen LogP contribution in [0, 0.1) is 18.8 Å². The Labute approximate surface area is 210 Å². The van der Waals surface area contributed by atoms with Crippen molar-refractivity contribution >= 4 is 23.4 Å². The van der Waals surface area contributed by atoms with Gasteiger partial charge in [-0.3, -0.25) is 14.4 Å². The highest BCUT2D eigenvalue weighted by Crippen LogP contribution is 2.33. The van der Waals surface area contributed by atoms with Crippen LogP contribution in [0.25, 0.3) is 0 Å². The van der Waals surface area contributed by atoms with E-state index in [1.807, 2.05) is 18.7 Å². The van der Waals surface area contributed by atoms with E-state index in [4.69, 9.17) is 14.0 Å². The Balaban J connectivity index is 1.63. The van der Waals surface area contributed by atoms with E-state index in [1.54, 1.807) is 50.2 Å². The Morgan fingerprint density at radius 1 is 1.17 bits per heavy atom. The van der Waals surface area contributed by atoms with Crippen LogP contribution in [0.3, 0.4) is 0 Å². The van der Waals surface area contributed by atoms with Crippen molar-refractivity contribution < 1.29 is 28.4 Å². The summed E-state index contributed by atoms with van der Waals surface area (Å²) < 4.78 is 16.8. The zero-order chi connectivity index (χ0) is 26.0. The molecular formula is C26H34N4O6. The van der Waals surface area contributed by atoms with Crippen LogP contribution in [0.1, 0.15) is 53.3 Å². The fourth-order valence-electron chi connectivity index (χ4n) is 4.39. The zero-order valence-electron chi connectivity index (χ0n) is 21.4. The normalized spacial score (nSPS) is 23.2. The number of benzene rings is 1. The Hall–Kier alpha value is -3.40. The highest BCUT2D eigenvalue weighted by atomic mass is 16.5. The van der Waals surface area contributed by atoms with Crippen molar-refractivity contribution in [3.05, 3.63) is 41.3 Å². The third kappa shape index (κ3) is 5.70. The van der Waals surface area contributed by atoms with Gasteiger partial charge in [0.1, 0.15) is 18.1 Å². The van der Waals surface area contributed by atoms with Gasteiger partial charge in [0.15, 0.2) is 5.69 Å². The molecule has 0 saturated heterocycles. The number of fused-ring (bicyclic) bond motifs is 1. The van der Waals surface area contributed by atoms with E-state index >= 15 is 0 Å². The molecule has 1 aromatic carbocycles. The summed E-state index contributed by atoms with van der Waals surface area (Å²) in [6.45, 7) is 6.77. The number of hydrogen-bond donors (Lipinski definition) is 1. The standard InChI is InChI=1S/C26H34N4O6/c1-15-12-30(25(32)18-6-7-18)16(2)14-35-22-11-19(27-24(31)21-10-17(3)36-28-21)8-9-20(22)26(33)29(4)13-23(15)34-5/h8-11,15-16,18,23H,6-7,12-14H2,1-5H3,(H,27,31)/t15-,16-,23+/m0/s1. The van der Waals surface area contributed by atoms with E-state index in [9.17, 15) is 14.4 Å². The van der Waals surface area contributed by atoms with Gasteiger partial charge in [-0.2, -0.15) is 0 Å². The predicted octanol–water partition coefficient (Wildman–Crippen LogP) is 2.98. The fourth-order valence-corrected chi connectivity index (χ4v) is 4.39. The van der Waals surface area contributed by atoms with Crippen LogP contribution in [0.15, 0.2) is 28.8 Å². The van der Waals surface area contributed by atoms with Crippen molar-refractivity contribution in [2.75, 3.05) is 39.2 Å². The lowest BCUT2D eigenvalue weighted by Crippen LogP contribution is -2.49. The molecule has 36 heavy (non-hydrogen) atoms. The molecule has 4 rings (SSSR count). The van der Waals surface area contributed by atoms with Crippen molar-refractivity contribution in [3.63, 3.8) is 0 Å². The van der Waals surface area contributed by atoms with Gasteiger partial charge >= 0.3 is 0 Å². The van der Waals surface area contributed by atoms with Crippen LogP contribution >= 0.6 is 0 Å². The summed E-state index contributed by atoms with van der Waals surface area (Å²) in [5, 5.41) is 6.50. The van der Waals surface area contributed by atoms with Gasteiger partial charge in [-0.25, -0.2) is 0 Å². The fraction of sp³-hybridized carbons (Fsp3) is 0.538. The molecule has 1 aromatic heterocycles. The summed E-state index contributed by atoms with van der Waals surface area (Å²) in [6, 6.07) is 6.22. The predicted molar refractivity (Wildman–Crippen MR) is 132 cm³/mol. The highest BCUT2D eigenvalue weighted by Gasteiger charge is 2.37. The number of aromatic nitrogens is 1. The smallest absolute Gasteiger partial charge is 0.277 e. The topological polar surface area (TPSA) is 114 Å². The molecule has 10 heteroatoms. The van der Waals surface area contributed by atoms with Gasteiger partial charge in [-0.05, 0) is 38.8 Å². The maximum absolute atomic E-state index is 13.3. The number of likely N-dealkylation sites (N-methyl/N-ethyl adjacent to an activating group) is 1. The molecule has 1 aliphatic carbocycles. The molecule has 3 atom stereocenters. The van der Waals surface area contributed by atoms with E-state index in [-0.39, 0.29) is 48.1 Å². The highest BCUT2D eigenvalue weighted by molar-refractivity contribution is 6.04. The molecule has 0 bridgehead atoms. The minimum atomic E-state index is -0.435. The van der Waals surface area contributed by atoms with E-state index in [0.29, 0.717) is 35.9 Å². The Morgan fingerprint density at radius 3 is 2.56 bits per heavy atom. The van der Waals surface area contributed by atoms with Gasteiger partial charge in [0.25, 0.3) is 11.8 Å². The molecule has 3 amide bonds. The SMILES string of the molecule is CO[C@@H]1CN(C)C(=O)c2ccc(NC(=O)c3cc(C)on3)cc2OC[C@H](C)N(C(=O)C2CC2)C[C@@H]1C. The average Bonchev–Trinajstić information content (AvgIpc) is 3.62. The third-order valence-electron chi connectivity index (χ3n) is 6.77. The minimum absolute atomic E-state index is 0.0204. The first-order valence-corrected chi connectivity index (χ1v) is 12.3. The minimum Gasteiger partial charge on any atom is -0.491 e. The van der Waals surface area contributed by atoms with Crippen LogP contribution in [-0.2, 0) is 9.53 Å². The Kier molecular flexibility index (Phi) is 7.63. The quantitative estimate of drug-likeness (QED) is 0.689. The van der Waals surface area contributed by atoms with Gasteiger partial charge in [0, 0.05) is 56.9 Å². The molecule has 1 fully saturated rings. The van der Waals surface area contributed by atoms with Crippen molar-refractivity contribution in [3.8, 4) is 5.75 Å². The van der Waals surface area contributed by atoms with Gasteiger partial charge in [-0.15, -0.1) is 0 Å². The molecule has 1 aliphatic heterocycles. The van der Waals surface area contributed by atoms with E-state index in [2.05, 4.69) is 10.5 Å². The molecule has 0 radical (unpaired) electrons. The van der Waals surface area contributed by atoms with Crippen LogP contribution in [-0.4, -0.2) is 78.7 Å². The van der Waals surface area contributed by atoms with Crippen molar-refractivity contribution in [2.45, 2.75) is 45.8 Å². The number of carbonyl (C=O) groups excluding carboxylic acids is 3. The molecule has 0 spiro atoms. The number of nitrogens with one attached hydrogen (secondary N) is 1. The number of nitrogens with zero attached hydrogens (tertiary/aromatic N) is 3. The summed E-state index contributed by atoms with van der Waals surface area (Å²) >= 11 is 0. The van der Waals surface area contributed by atoms with Crippen LogP contribution in [0.5, 0.6) is 5.75 Å². The number of ether oxygens (including phenoxy) is 2. The molecule has 2 aromatic rings. The maximum Gasteiger partial charge on any atom is 0.277 e. The molecule has 2 aliphatic rings. The summed E-state index contributed by atoms with van der Waals surface area (Å²) in [4.78, 5) is 42.5. The third-order valence-corrected chi connectivity index (χ3v) is 6.77. The van der Waals surface area contributed by atoms with Gasteiger partial charge < -0.3 is 29.1 Å². The summed E-state index contributed by atoms with van der Waals surface area (Å²) in [5.74, 6) is 0.433. The van der Waals surface area contributed by atoms with Gasteiger partial charge in [-0.1, -0.05) is 12.1 Å². The molecule has 2 heterocycles. The molecule has 1 saturated carbocycles. The maximum atomic E-state index is 13.3. The molecular weight excluding hydrogens is 464 g/mol. The Bertz CT molecular complexity index is 1130. The molecule has 194 valence electrons. The van der Waals surface area contributed by atoms with Crippen LogP contribution in [0.4, 0.5) is 5.69 Å². The first kappa shape index (κ1) is 25.7. The summed E-state index contributed by atoms with van der Waals surface area (Å²) in [7, 11) is 3.35. The zero-order valence-corrected chi connectivity index (χ0v) is 21.4. The van der Waals surface area contributed by atoms with Gasteiger partial charge in [0.2, 0.25) is 5.91 Å². The second-order valence-electron chi connectivity index (χ2n) is 9.85. The van der Waals surface area contributed by atoms with Crippen molar-refractivity contribution in [1.82, 2.24) is 15.0 Å². The van der Waals surface area contributed by atoms with E-state index in [1.165, 1.54) is 0 Å². The first-order chi connectivity index (χ1) is 17.2. The lowest BCUT2D eigenvalue weighted by atomic mass is 10.0. The summed E-state index contributed by atoms with van der Waals surface area (Å²) in [6.07, 6.45) is 1.59.